The Bertz CT molecular complexity index is 965. The quantitative estimate of drug-likeness (QED) is 0.828. The highest BCUT2D eigenvalue weighted by Crippen LogP contribution is 2.43. The number of benzene rings is 2. The largest absolute Gasteiger partial charge is 0.508 e. The number of fused-ring (bicyclic) bond motifs is 3. The lowest BCUT2D eigenvalue weighted by molar-refractivity contribution is 0.133. The van der Waals surface area contributed by atoms with Gasteiger partial charge in [0.15, 0.2) is 0 Å². The number of hydrogen-bond acceptors (Lipinski definition) is 5. The minimum atomic E-state index is -0.471. The van der Waals surface area contributed by atoms with E-state index in [1.807, 2.05) is 6.07 Å². The third-order valence-corrected chi connectivity index (χ3v) is 5.28. The fraction of sp³-hybridized carbons (Fsp3) is 0.333. The number of urea groups is 1. The van der Waals surface area contributed by atoms with Gasteiger partial charge in [0.05, 0.1) is 24.3 Å². The molecule has 4 rings (SSSR count). The number of nitrogens with two attached hydrogens (primary N) is 1. The first-order chi connectivity index (χ1) is 14.0. The van der Waals surface area contributed by atoms with Gasteiger partial charge < -0.3 is 20.5 Å². The second-order valence-electron chi connectivity index (χ2n) is 7.27. The SMILES string of the molecule is CN(CCCN)C(=O)N1N=C2c3cc(F)ccc3OCC2C1c1cccc(O)c1. The van der Waals surface area contributed by atoms with Crippen molar-refractivity contribution in [2.75, 3.05) is 26.7 Å². The Morgan fingerprint density at radius 2 is 2.21 bits per heavy atom. The number of carbonyl (C=O) groups excluding carboxylic acids is 1. The lowest BCUT2D eigenvalue weighted by Crippen LogP contribution is -2.41. The molecule has 2 aromatic carbocycles. The number of halogens is 1. The number of amides is 2. The lowest BCUT2D eigenvalue weighted by atomic mass is 9.86. The van der Waals surface area contributed by atoms with Crippen molar-refractivity contribution in [3.05, 3.63) is 59.4 Å². The van der Waals surface area contributed by atoms with Gasteiger partial charge in [-0.25, -0.2) is 14.2 Å². The summed E-state index contributed by atoms with van der Waals surface area (Å²) in [6.07, 6.45) is 0.671. The smallest absolute Gasteiger partial charge is 0.340 e. The zero-order chi connectivity index (χ0) is 20.5. The molecule has 0 fully saturated rings. The molecule has 0 bridgehead atoms. The molecular formula is C21H23FN4O3. The average molecular weight is 398 g/mol. The molecule has 0 aliphatic carbocycles. The van der Waals surface area contributed by atoms with Crippen LogP contribution in [0.5, 0.6) is 11.5 Å². The molecule has 152 valence electrons. The van der Waals surface area contributed by atoms with Crippen molar-refractivity contribution in [2.24, 2.45) is 16.8 Å². The molecule has 0 radical (unpaired) electrons. The number of ether oxygens (including phenoxy) is 1. The van der Waals surface area contributed by atoms with Crippen molar-refractivity contribution < 1.29 is 19.0 Å². The summed E-state index contributed by atoms with van der Waals surface area (Å²) in [5.74, 6) is -0.0303. The second kappa shape index (κ2) is 7.71. The van der Waals surface area contributed by atoms with Crippen LogP contribution >= 0.6 is 0 Å². The second-order valence-corrected chi connectivity index (χ2v) is 7.27. The molecule has 0 aromatic heterocycles. The molecule has 2 aliphatic rings. The predicted molar refractivity (Wildman–Crippen MR) is 106 cm³/mol. The molecule has 3 N–H and O–H groups in total. The summed E-state index contributed by atoms with van der Waals surface area (Å²) in [6.45, 7) is 1.27. The van der Waals surface area contributed by atoms with Gasteiger partial charge in [0, 0.05) is 19.2 Å². The highest BCUT2D eigenvalue weighted by Gasteiger charge is 2.45. The Hall–Kier alpha value is -3.13. The van der Waals surface area contributed by atoms with Crippen LogP contribution < -0.4 is 10.5 Å². The first kappa shape index (κ1) is 19.2. The maximum absolute atomic E-state index is 13.9. The zero-order valence-corrected chi connectivity index (χ0v) is 16.1. The van der Waals surface area contributed by atoms with Crippen molar-refractivity contribution in [1.82, 2.24) is 9.91 Å². The zero-order valence-electron chi connectivity index (χ0n) is 16.1. The van der Waals surface area contributed by atoms with E-state index in [-0.39, 0.29) is 17.7 Å². The van der Waals surface area contributed by atoms with Crippen molar-refractivity contribution >= 4 is 11.7 Å². The molecule has 2 amide bonds. The lowest BCUT2D eigenvalue weighted by Gasteiger charge is -2.31. The highest BCUT2D eigenvalue weighted by atomic mass is 19.1. The van der Waals surface area contributed by atoms with Gasteiger partial charge in [-0.2, -0.15) is 5.10 Å². The predicted octanol–water partition coefficient (Wildman–Crippen LogP) is 2.70. The van der Waals surface area contributed by atoms with Gasteiger partial charge in [-0.05, 0) is 48.9 Å². The van der Waals surface area contributed by atoms with E-state index in [1.165, 1.54) is 17.1 Å². The van der Waals surface area contributed by atoms with Crippen molar-refractivity contribution in [2.45, 2.75) is 12.5 Å². The van der Waals surface area contributed by atoms with Crippen molar-refractivity contribution in [1.29, 1.82) is 0 Å². The molecule has 2 aliphatic heterocycles. The molecule has 2 aromatic rings. The van der Waals surface area contributed by atoms with Crippen LogP contribution in [0.4, 0.5) is 9.18 Å². The number of rotatable bonds is 4. The van der Waals surface area contributed by atoms with Gasteiger partial charge in [-0.1, -0.05) is 12.1 Å². The number of aromatic hydroxyl groups is 1. The van der Waals surface area contributed by atoms with Gasteiger partial charge in [0.1, 0.15) is 17.3 Å². The summed E-state index contributed by atoms with van der Waals surface area (Å²) in [5.41, 5.74) is 7.46. The maximum Gasteiger partial charge on any atom is 0.340 e. The molecule has 0 spiro atoms. The van der Waals surface area contributed by atoms with E-state index < -0.39 is 11.9 Å². The van der Waals surface area contributed by atoms with E-state index in [9.17, 15) is 14.3 Å². The molecule has 0 saturated heterocycles. The summed E-state index contributed by atoms with van der Waals surface area (Å²) in [5, 5.41) is 16.0. The van der Waals surface area contributed by atoms with Gasteiger partial charge in [-0.3, -0.25) is 0 Å². The number of hydrogen-bond donors (Lipinski definition) is 2. The summed E-state index contributed by atoms with van der Waals surface area (Å²) in [6, 6.07) is 10.3. The van der Waals surface area contributed by atoms with Crippen LogP contribution in [-0.2, 0) is 0 Å². The van der Waals surface area contributed by atoms with Gasteiger partial charge >= 0.3 is 6.03 Å². The van der Waals surface area contributed by atoms with Gasteiger partial charge in [0.2, 0.25) is 0 Å². The Morgan fingerprint density at radius 3 is 2.97 bits per heavy atom. The van der Waals surface area contributed by atoms with Gasteiger partial charge in [-0.15, -0.1) is 0 Å². The molecule has 2 heterocycles. The standard InChI is InChI=1S/C21H23FN4O3/c1-25(9-3-8-23)21(28)26-20(13-4-2-5-15(27)10-13)17-12-29-18-7-6-14(22)11-16(18)19(17)24-26/h2,4-7,10-11,17,20,27H,3,8-9,12,23H2,1H3. The first-order valence-electron chi connectivity index (χ1n) is 9.54. The Morgan fingerprint density at radius 1 is 1.38 bits per heavy atom. The van der Waals surface area contributed by atoms with E-state index in [0.29, 0.717) is 43.1 Å². The number of carbonyl (C=O) groups is 1. The molecular weight excluding hydrogens is 375 g/mol. The third-order valence-electron chi connectivity index (χ3n) is 5.28. The van der Waals surface area contributed by atoms with Crippen LogP contribution in [0.25, 0.3) is 0 Å². The van der Waals surface area contributed by atoms with E-state index in [1.54, 1.807) is 36.2 Å². The molecule has 29 heavy (non-hydrogen) atoms. The Balaban J connectivity index is 1.76. The van der Waals surface area contributed by atoms with Crippen LogP contribution in [0, 0.1) is 11.7 Å². The van der Waals surface area contributed by atoms with Crippen molar-refractivity contribution in [3.8, 4) is 11.5 Å². The molecule has 0 saturated carbocycles. The number of hydrazone groups is 1. The summed E-state index contributed by atoms with van der Waals surface area (Å²) >= 11 is 0. The monoisotopic (exact) mass is 398 g/mol. The minimum absolute atomic E-state index is 0.100. The molecule has 7 nitrogen and oxygen atoms in total. The third kappa shape index (κ3) is 3.51. The van der Waals surface area contributed by atoms with E-state index in [0.717, 1.165) is 5.56 Å². The topological polar surface area (TPSA) is 91.4 Å². The normalized spacial score (nSPS) is 19.8. The fourth-order valence-corrected chi connectivity index (χ4v) is 3.85. The number of phenolic OH excluding ortho intramolecular Hbond substituents is 1. The Kier molecular flexibility index (Phi) is 5.10. The van der Waals surface area contributed by atoms with Gasteiger partial charge in [0.25, 0.3) is 0 Å². The van der Waals surface area contributed by atoms with E-state index in [4.69, 9.17) is 10.5 Å². The summed E-state index contributed by atoms with van der Waals surface area (Å²) < 4.78 is 19.8. The molecule has 2 unspecified atom stereocenters. The summed E-state index contributed by atoms with van der Waals surface area (Å²) in [7, 11) is 1.70. The number of phenols is 1. The van der Waals surface area contributed by atoms with Crippen LogP contribution in [-0.4, -0.2) is 53.5 Å². The van der Waals surface area contributed by atoms with Crippen LogP contribution in [0.15, 0.2) is 47.6 Å². The maximum atomic E-state index is 13.9. The molecule has 8 heteroatoms. The van der Waals surface area contributed by atoms with E-state index >= 15 is 0 Å². The van der Waals surface area contributed by atoms with Crippen molar-refractivity contribution in [3.63, 3.8) is 0 Å². The van der Waals surface area contributed by atoms with Crippen LogP contribution in [0.1, 0.15) is 23.6 Å². The minimum Gasteiger partial charge on any atom is -0.508 e. The van der Waals surface area contributed by atoms with Crippen LogP contribution in [0.3, 0.4) is 0 Å². The Labute approximate surface area is 168 Å². The highest BCUT2D eigenvalue weighted by molar-refractivity contribution is 6.07. The fourth-order valence-electron chi connectivity index (χ4n) is 3.85. The summed E-state index contributed by atoms with van der Waals surface area (Å²) in [4.78, 5) is 14.7. The van der Waals surface area contributed by atoms with E-state index in [2.05, 4.69) is 5.10 Å². The van der Waals surface area contributed by atoms with Crippen LogP contribution in [0.2, 0.25) is 0 Å². The molecule has 2 atom stereocenters. The first-order valence-corrected chi connectivity index (χ1v) is 9.54. The number of nitrogens with zero attached hydrogens (tertiary/aromatic N) is 3. The average Bonchev–Trinajstić information content (AvgIpc) is 3.11.